The molecule has 2 aromatic heterocycles. The van der Waals surface area contributed by atoms with E-state index in [1.165, 1.54) is 11.8 Å². The Bertz CT molecular complexity index is 1110. The van der Waals surface area contributed by atoms with Gasteiger partial charge in [-0.05, 0) is 42.0 Å². The third-order valence-electron chi connectivity index (χ3n) is 4.12. The maximum absolute atomic E-state index is 12.4. The van der Waals surface area contributed by atoms with Gasteiger partial charge >= 0.3 is 5.97 Å². The van der Waals surface area contributed by atoms with Crippen molar-refractivity contribution in [2.24, 2.45) is 0 Å². The van der Waals surface area contributed by atoms with Crippen molar-refractivity contribution in [2.75, 3.05) is 12.4 Å². The summed E-state index contributed by atoms with van der Waals surface area (Å²) in [6.07, 6.45) is 0.751. The molecule has 1 amide bonds. The molecule has 0 aliphatic rings. The number of fused-ring (bicyclic) bond motifs is 1. The number of para-hydroxylation sites is 1. The van der Waals surface area contributed by atoms with Gasteiger partial charge in [-0.15, -0.1) is 22.7 Å². The second-order valence-electron chi connectivity index (χ2n) is 6.06. The lowest BCUT2D eigenvalue weighted by molar-refractivity contribution is 0.0606. The second-order valence-corrected chi connectivity index (χ2v) is 8.26. The van der Waals surface area contributed by atoms with Crippen molar-refractivity contribution in [1.82, 2.24) is 4.98 Å². The SMILES string of the molecule is COC(=O)c1ccc(C(=O)Nc2ccc(Cc3nc4ccccc4s3)cc2)s1. The number of nitrogens with zero attached hydrogens (tertiary/aromatic N) is 1. The molecule has 0 spiro atoms. The number of aromatic nitrogens is 1. The van der Waals surface area contributed by atoms with Crippen molar-refractivity contribution < 1.29 is 14.3 Å². The largest absolute Gasteiger partial charge is 0.465 e. The van der Waals surface area contributed by atoms with E-state index in [0.29, 0.717) is 15.4 Å². The number of thiophene rings is 1. The van der Waals surface area contributed by atoms with Crippen LogP contribution in [0, 0.1) is 0 Å². The van der Waals surface area contributed by atoms with Crippen LogP contribution in [0.25, 0.3) is 10.2 Å². The Morgan fingerprint density at radius 1 is 0.964 bits per heavy atom. The number of nitrogens with one attached hydrogen (secondary N) is 1. The number of hydrogen-bond donors (Lipinski definition) is 1. The first-order chi connectivity index (χ1) is 13.6. The molecule has 4 aromatic rings. The van der Waals surface area contributed by atoms with Crippen molar-refractivity contribution in [3.05, 3.63) is 81.0 Å². The van der Waals surface area contributed by atoms with Crippen LogP contribution in [-0.4, -0.2) is 24.0 Å². The molecule has 2 aromatic carbocycles. The Morgan fingerprint density at radius 2 is 1.71 bits per heavy atom. The van der Waals surface area contributed by atoms with Gasteiger partial charge in [0.05, 0.1) is 27.2 Å². The number of ether oxygens (including phenoxy) is 1. The van der Waals surface area contributed by atoms with Crippen molar-refractivity contribution in [3.8, 4) is 0 Å². The highest BCUT2D eigenvalue weighted by Gasteiger charge is 2.14. The van der Waals surface area contributed by atoms with Crippen LogP contribution in [0.3, 0.4) is 0 Å². The van der Waals surface area contributed by atoms with E-state index >= 15 is 0 Å². The minimum atomic E-state index is -0.441. The molecule has 1 N–H and O–H groups in total. The molecule has 4 rings (SSSR count). The predicted octanol–water partition coefficient (Wildman–Crippen LogP) is 4.99. The number of rotatable bonds is 5. The Balaban J connectivity index is 1.42. The van der Waals surface area contributed by atoms with Crippen LogP contribution in [0.15, 0.2) is 60.7 Å². The maximum Gasteiger partial charge on any atom is 0.348 e. The number of thiazole rings is 1. The Hall–Kier alpha value is -3.03. The molecule has 7 heteroatoms. The molecule has 140 valence electrons. The number of anilines is 1. The lowest BCUT2D eigenvalue weighted by Crippen LogP contribution is -2.10. The average molecular weight is 409 g/mol. The van der Waals surface area contributed by atoms with E-state index in [2.05, 4.69) is 21.1 Å². The number of carbonyl (C=O) groups is 2. The van der Waals surface area contributed by atoms with E-state index in [0.717, 1.165) is 33.8 Å². The number of amides is 1. The van der Waals surface area contributed by atoms with E-state index in [-0.39, 0.29) is 5.91 Å². The number of esters is 1. The molecule has 2 heterocycles. The van der Waals surface area contributed by atoms with E-state index in [4.69, 9.17) is 0 Å². The molecular weight excluding hydrogens is 392 g/mol. The molecule has 0 unspecified atom stereocenters. The van der Waals surface area contributed by atoms with Crippen molar-refractivity contribution in [3.63, 3.8) is 0 Å². The number of methoxy groups -OCH3 is 1. The van der Waals surface area contributed by atoms with E-state index in [9.17, 15) is 9.59 Å². The summed E-state index contributed by atoms with van der Waals surface area (Å²) in [5.41, 5.74) is 2.85. The molecular formula is C21H16N2O3S2. The summed E-state index contributed by atoms with van der Waals surface area (Å²) < 4.78 is 5.85. The van der Waals surface area contributed by atoms with Gasteiger partial charge < -0.3 is 10.1 Å². The number of benzene rings is 2. The zero-order chi connectivity index (χ0) is 19.5. The summed E-state index contributed by atoms with van der Waals surface area (Å²) >= 11 is 2.80. The molecule has 28 heavy (non-hydrogen) atoms. The first kappa shape index (κ1) is 18.3. The van der Waals surface area contributed by atoms with Gasteiger partial charge in [-0.25, -0.2) is 9.78 Å². The minimum Gasteiger partial charge on any atom is -0.465 e. The van der Waals surface area contributed by atoms with Crippen LogP contribution in [0.2, 0.25) is 0 Å². The van der Waals surface area contributed by atoms with Gasteiger partial charge in [0.2, 0.25) is 0 Å². The van der Waals surface area contributed by atoms with E-state index in [1.807, 2.05) is 42.5 Å². The van der Waals surface area contributed by atoms with Crippen LogP contribution >= 0.6 is 22.7 Å². The van der Waals surface area contributed by atoms with Gasteiger partial charge in [-0.1, -0.05) is 24.3 Å². The van der Waals surface area contributed by atoms with Crippen LogP contribution in [0.5, 0.6) is 0 Å². The molecule has 0 bridgehead atoms. The Labute approximate surface area is 169 Å². The molecule has 5 nitrogen and oxygen atoms in total. The second kappa shape index (κ2) is 7.92. The lowest BCUT2D eigenvalue weighted by atomic mass is 10.1. The number of hydrogen-bond acceptors (Lipinski definition) is 6. The fourth-order valence-electron chi connectivity index (χ4n) is 2.74. The summed E-state index contributed by atoms with van der Waals surface area (Å²) in [6, 6.07) is 19.0. The topological polar surface area (TPSA) is 68.3 Å². The third-order valence-corrected chi connectivity index (χ3v) is 6.22. The van der Waals surface area contributed by atoms with E-state index < -0.39 is 5.97 Å². The van der Waals surface area contributed by atoms with Crippen LogP contribution in [-0.2, 0) is 11.2 Å². The normalized spacial score (nSPS) is 10.8. The highest BCUT2D eigenvalue weighted by Crippen LogP contribution is 2.24. The van der Waals surface area contributed by atoms with Gasteiger partial charge in [-0.2, -0.15) is 0 Å². The maximum atomic E-state index is 12.4. The van der Waals surface area contributed by atoms with Crippen molar-refractivity contribution >= 4 is 50.5 Å². The van der Waals surface area contributed by atoms with Crippen LogP contribution in [0.4, 0.5) is 5.69 Å². The smallest absolute Gasteiger partial charge is 0.348 e. The molecule has 0 aliphatic carbocycles. The summed E-state index contributed by atoms with van der Waals surface area (Å²) in [4.78, 5) is 29.4. The molecule has 0 saturated carbocycles. The first-order valence-corrected chi connectivity index (χ1v) is 10.2. The quantitative estimate of drug-likeness (QED) is 0.473. The van der Waals surface area contributed by atoms with Gasteiger partial charge in [0.1, 0.15) is 4.88 Å². The van der Waals surface area contributed by atoms with Gasteiger partial charge in [0.15, 0.2) is 0 Å². The summed E-state index contributed by atoms with van der Waals surface area (Å²) in [6.45, 7) is 0. The zero-order valence-corrected chi connectivity index (χ0v) is 16.6. The van der Waals surface area contributed by atoms with Gasteiger partial charge in [0, 0.05) is 12.1 Å². The predicted molar refractivity (Wildman–Crippen MR) is 112 cm³/mol. The summed E-state index contributed by atoms with van der Waals surface area (Å²) in [5.74, 6) is -0.692. The molecule has 0 saturated heterocycles. The fourth-order valence-corrected chi connectivity index (χ4v) is 4.56. The Kier molecular flexibility index (Phi) is 5.18. The average Bonchev–Trinajstić information content (AvgIpc) is 3.35. The molecule has 0 fully saturated rings. The van der Waals surface area contributed by atoms with Crippen molar-refractivity contribution in [1.29, 1.82) is 0 Å². The van der Waals surface area contributed by atoms with Crippen LogP contribution in [0.1, 0.15) is 29.9 Å². The highest BCUT2D eigenvalue weighted by atomic mass is 32.1. The van der Waals surface area contributed by atoms with Gasteiger partial charge in [-0.3, -0.25) is 4.79 Å². The number of carbonyl (C=O) groups excluding carboxylic acids is 2. The minimum absolute atomic E-state index is 0.251. The van der Waals surface area contributed by atoms with Gasteiger partial charge in [0.25, 0.3) is 5.91 Å². The monoisotopic (exact) mass is 408 g/mol. The molecule has 0 aliphatic heterocycles. The van der Waals surface area contributed by atoms with Crippen LogP contribution < -0.4 is 5.32 Å². The summed E-state index contributed by atoms with van der Waals surface area (Å²) in [7, 11) is 1.32. The van der Waals surface area contributed by atoms with E-state index in [1.54, 1.807) is 23.5 Å². The molecule has 0 radical (unpaired) electrons. The first-order valence-electron chi connectivity index (χ1n) is 8.55. The Morgan fingerprint density at radius 3 is 2.46 bits per heavy atom. The zero-order valence-electron chi connectivity index (χ0n) is 15.0. The molecule has 0 atom stereocenters. The summed E-state index contributed by atoms with van der Waals surface area (Å²) in [5, 5.41) is 3.91. The lowest BCUT2D eigenvalue weighted by Gasteiger charge is -2.05. The highest BCUT2D eigenvalue weighted by molar-refractivity contribution is 7.18. The fraction of sp³-hybridized carbons (Fsp3) is 0.0952. The standard InChI is InChI=1S/C21H16N2O3S2/c1-26-21(25)18-11-10-17(27-18)20(24)22-14-8-6-13(7-9-14)12-19-23-15-4-2-3-5-16(15)28-19/h2-11H,12H2,1H3,(H,22,24). The van der Waals surface area contributed by atoms with Crippen molar-refractivity contribution in [2.45, 2.75) is 6.42 Å². The third kappa shape index (κ3) is 3.95.